The topological polar surface area (TPSA) is 69.7 Å². The SMILES string of the molecule is CC(=O)Nc1ccc(C2=C(N3CC(C)CC(C)C3)C(=O)N(c3ccc(C)c(C)c3)C2=O)cc1. The molecule has 1 N–H and O–H groups in total. The minimum Gasteiger partial charge on any atom is -0.366 e. The van der Waals surface area contributed by atoms with Crippen molar-refractivity contribution in [2.75, 3.05) is 23.3 Å². The Labute approximate surface area is 195 Å². The van der Waals surface area contributed by atoms with Crippen LogP contribution in [0.2, 0.25) is 0 Å². The van der Waals surface area contributed by atoms with Gasteiger partial charge in [-0.15, -0.1) is 0 Å². The molecule has 2 unspecified atom stereocenters. The second kappa shape index (κ2) is 8.85. The first-order valence-electron chi connectivity index (χ1n) is 11.5. The molecule has 172 valence electrons. The highest BCUT2D eigenvalue weighted by Crippen LogP contribution is 2.38. The Hall–Kier alpha value is -3.41. The van der Waals surface area contributed by atoms with E-state index in [9.17, 15) is 14.4 Å². The summed E-state index contributed by atoms with van der Waals surface area (Å²) in [5, 5.41) is 2.75. The molecule has 0 saturated carbocycles. The summed E-state index contributed by atoms with van der Waals surface area (Å²) in [6, 6.07) is 12.8. The lowest BCUT2D eigenvalue weighted by atomic mass is 9.91. The zero-order valence-corrected chi connectivity index (χ0v) is 19.9. The Morgan fingerprint density at radius 3 is 2.12 bits per heavy atom. The van der Waals surface area contributed by atoms with Gasteiger partial charge in [0, 0.05) is 25.7 Å². The molecule has 2 aliphatic rings. The van der Waals surface area contributed by atoms with Gasteiger partial charge in [-0.2, -0.15) is 0 Å². The number of hydrogen-bond acceptors (Lipinski definition) is 4. The van der Waals surface area contributed by atoms with Gasteiger partial charge in [0.2, 0.25) is 5.91 Å². The Morgan fingerprint density at radius 1 is 0.909 bits per heavy atom. The number of hydrogen-bond donors (Lipinski definition) is 1. The van der Waals surface area contributed by atoms with Gasteiger partial charge in [-0.05, 0) is 73.1 Å². The van der Waals surface area contributed by atoms with Gasteiger partial charge in [0.15, 0.2) is 0 Å². The lowest BCUT2D eigenvalue weighted by Gasteiger charge is -2.37. The average Bonchev–Trinajstić information content (AvgIpc) is 3.00. The molecule has 1 saturated heterocycles. The van der Waals surface area contributed by atoms with Crippen LogP contribution in [0.4, 0.5) is 11.4 Å². The molecule has 3 amide bonds. The molecule has 33 heavy (non-hydrogen) atoms. The van der Waals surface area contributed by atoms with Crippen molar-refractivity contribution in [3.05, 3.63) is 64.9 Å². The Balaban J connectivity index is 1.80. The average molecular weight is 446 g/mol. The van der Waals surface area contributed by atoms with E-state index in [0.717, 1.165) is 30.6 Å². The number of nitrogens with zero attached hydrogens (tertiary/aromatic N) is 2. The number of anilines is 2. The van der Waals surface area contributed by atoms with Crippen molar-refractivity contribution in [1.29, 1.82) is 0 Å². The van der Waals surface area contributed by atoms with Crippen molar-refractivity contribution in [1.82, 2.24) is 4.90 Å². The van der Waals surface area contributed by atoms with Gasteiger partial charge in [-0.3, -0.25) is 14.4 Å². The molecule has 0 aromatic heterocycles. The Morgan fingerprint density at radius 2 is 1.55 bits per heavy atom. The van der Waals surface area contributed by atoms with Crippen LogP contribution in [-0.4, -0.2) is 35.7 Å². The Bertz CT molecular complexity index is 1140. The van der Waals surface area contributed by atoms with Crippen molar-refractivity contribution in [2.24, 2.45) is 11.8 Å². The summed E-state index contributed by atoms with van der Waals surface area (Å²) in [6.07, 6.45) is 1.10. The normalized spacial score (nSPS) is 21.1. The number of carbonyl (C=O) groups is 3. The van der Waals surface area contributed by atoms with E-state index in [-0.39, 0.29) is 17.7 Å². The number of likely N-dealkylation sites (tertiary alicyclic amines) is 1. The molecule has 2 heterocycles. The predicted molar refractivity (Wildman–Crippen MR) is 131 cm³/mol. The highest BCUT2D eigenvalue weighted by Gasteiger charge is 2.43. The summed E-state index contributed by atoms with van der Waals surface area (Å²) in [5.74, 6) is 0.125. The predicted octanol–water partition coefficient (Wildman–Crippen LogP) is 4.52. The fraction of sp³-hybridized carbons (Fsp3) is 0.370. The van der Waals surface area contributed by atoms with Gasteiger partial charge in [-0.25, -0.2) is 4.90 Å². The molecule has 2 aromatic rings. The molecule has 0 aliphatic carbocycles. The summed E-state index contributed by atoms with van der Waals surface area (Å²) in [4.78, 5) is 42.3. The Kier molecular flexibility index (Phi) is 6.11. The second-order valence-electron chi connectivity index (χ2n) is 9.55. The van der Waals surface area contributed by atoms with Crippen LogP contribution in [0.3, 0.4) is 0 Å². The van der Waals surface area contributed by atoms with E-state index < -0.39 is 0 Å². The maximum Gasteiger partial charge on any atom is 0.282 e. The minimum absolute atomic E-state index is 0.160. The molecule has 0 spiro atoms. The third-order valence-electron chi connectivity index (χ3n) is 6.49. The van der Waals surface area contributed by atoms with Gasteiger partial charge in [0.1, 0.15) is 5.70 Å². The summed E-state index contributed by atoms with van der Waals surface area (Å²) in [7, 11) is 0. The molecule has 6 heteroatoms. The van der Waals surface area contributed by atoms with Gasteiger partial charge in [0.25, 0.3) is 11.8 Å². The number of imide groups is 1. The molecule has 6 nitrogen and oxygen atoms in total. The zero-order valence-electron chi connectivity index (χ0n) is 19.9. The standard InChI is InChI=1S/C27H31N3O3/c1-16-12-17(2)15-29(14-16)25-24(21-7-9-22(10-8-21)28-20(5)31)26(32)30(27(25)33)23-11-6-18(3)19(4)13-23/h6-11,13,16-17H,12,14-15H2,1-5H3,(H,28,31). The molecular formula is C27H31N3O3. The smallest absolute Gasteiger partial charge is 0.282 e. The van der Waals surface area contributed by atoms with E-state index in [4.69, 9.17) is 0 Å². The summed E-state index contributed by atoms with van der Waals surface area (Å²) >= 11 is 0. The van der Waals surface area contributed by atoms with Crippen molar-refractivity contribution >= 4 is 34.7 Å². The summed E-state index contributed by atoms with van der Waals surface area (Å²) in [5.41, 5.74) is 4.96. The van der Waals surface area contributed by atoms with Gasteiger partial charge in [0.05, 0.1) is 11.3 Å². The molecule has 2 aromatic carbocycles. The highest BCUT2D eigenvalue weighted by molar-refractivity contribution is 6.45. The number of piperidine rings is 1. The molecular weight excluding hydrogens is 414 g/mol. The van der Waals surface area contributed by atoms with Crippen LogP contribution in [-0.2, 0) is 14.4 Å². The van der Waals surface area contributed by atoms with Crippen LogP contribution in [0, 0.1) is 25.7 Å². The maximum absolute atomic E-state index is 13.8. The van der Waals surface area contributed by atoms with Crippen molar-refractivity contribution in [2.45, 2.75) is 41.0 Å². The summed E-state index contributed by atoms with van der Waals surface area (Å²) in [6.45, 7) is 11.3. The van der Waals surface area contributed by atoms with Crippen molar-refractivity contribution < 1.29 is 14.4 Å². The highest BCUT2D eigenvalue weighted by atomic mass is 16.2. The lowest BCUT2D eigenvalue weighted by molar-refractivity contribution is -0.121. The summed E-state index contributed by atoms with van der Waals surface area (Å²) < 4.78 is 0. The minimum atomic E-state index is -0.309. The number of carbonyl (C=O) groups excluding carboxylic acids is 3. The monoisotopic (exact) mass is 445 g/mol. The molecule has 2 aliphatic heterocycles. The third-order valence-corrected chi connectivity index (χ3v) is 6.49. The molecule has 2 atom stereocenters. The van der Waals surface area contributed by atoms with E-state index in [0.29, 0.717) is 40.0 Å². The number of nitrogens with one attached hydrogen (secondary N) is 1. The second-order valence-corrected chi connectivity index (χ2v) is 9.55. The lowest BCUT2D eigenvalue weighted by Crippen LogP contribution is -2.42. The number of aryl methyl sites for hydroxylation is 2. The van der Waals surface area contributed by atoms with E-state index >= 15 is 0 Å². The largest absolute Gasteiger partial charge is 0.366 e. The van der Waals surface area contributed by atoms with Crippen LogP contribution < -0.4 is 10.2 Å². The number of rotatable bonds is 4. The first-order chi connectivity index (χ1) is 15.7. The van der Waals surface area contributed by atoms with Crippen molar-refractivity contribution in [3.8, 4) is 0 Å². The fourth-order valence-corrected chi connectivity index (χ4v) is 4.94. The third kappa shape index (κ3) is 4.42. The van der Waals surface area contributed by atoms with E-state index in [1.807, 2.05) is 32.0 Å². The van der Waals surface area contributed by atoms with E-state index in [1.165, 1.54) is 11.8 Å². The zero-order chi connectivity index (χ0) is 23.9. The number of amides is 3. The van der Waals surface area contributed by atoms with Gasteiger partial charge in [-0.1, -0.05) is 32.0 Å². The maximum atomic E-state index is 13.8. The molecule has 0 radical (unpaired) electrons. The van der Waals surface area contributed by atoms with Crippen molar-refractivity contribution in [3.63, 3.8) is 0 Å². The molecule has 1 fully saturated rings. The van der Waals surface area contributed by atoms with Gasteiger partial charge < -0.3 is 10.2 Å². The first kappa shape index (κ1) is 22.8. The van der Waals surface area contributed by atoms with Crippen LogP contribution >= 0.6 is 0 Å². The van der Waals surface area contributed by atoms with Gasteiger partial charge >= 0.3 is 0 Å². The number of benzene rings is 2. The van der Waals surface area contributed by atoms with Crippen LogP contribution in [0.25, 0.3) is 5.57 Å². The molecule has 4 rings (SSSR count). The quantitative estimate of drug-likeness (QED) is 0.703. The molecule has 0 bridgehead atoms. The van der Waals surface area contributed by atoms with Crippen LogP contribution in [0.5, 0.6) is 0 Å². The fourth-order valence-electron chi connectivity index (χ4n) is 4.94. The van der Waals surface area contributed by atoms with E-state index in [1.54, 1.807) is 24.3 Å². The van der Waals surface area contributed by atoms with Crippen LogP contribution in [0.1, 0.15) is 43.9 Å². The first-order valence-corrected chi connectivity index (χ1v) is 11.5. The van der Waals surface area contributed by atoms with Crippen LogP contribution in [0.15, 0.2) is 48.2 Å². The van der Waals surface area contributed by atoms with E-state index in [2.05, 4.69) is 24.1 Å².